The second-order valence-electron chi connectivity index (χ2n) is 4.49. The topological polar surface area (TPSA) is 42.7 Å². The number of fused-ring (bicyclic) bond motifs is 1. The van der Waals surface area contributed by atoms with E-state index in [2.05, 4.69) is 0 Å². The highest BCUT2D eigenvalue weighted by Crippen LogP contribution is 2.30. The molecular formula is C15H15NO3. The van der Waals surface area contributed by atoms with E-state index in [1.54, 1.807) is 12.1 Å². The number of hydrogen-bond donors (Lipinski definition) is 0. The van der Waals surface area contributed by atoms with Gasteiger partial charge in [-0.2, -0.15) is 0 Å². The maximum absolute atomic E-state index is 12.1. The quantitative estimate of drug-likeness (QED) is 0.793. The molecule has 0 saturated carbocycles. The fraction of sp³-hybridized carbons (Fsp3) is 0.267. The van der Waals surface area contributed by atoms with E-state index < -0.39 is 0 Å². The predicted octanol–water partition coefficient (Wildman–Crippen LogP) is 2.75. The molecule has 19 heavy (non-hydrogen) atoms. The number of hydrogen-bond acceptors (Lipinski definition) is 4. The normalized spacial score (nSPS) is 14.4. The average Bonchev–Trinajstić information content (AvgIpc) is 2.90. The van der Waals surface area contributed by atoms with Crippen LogP contribution in [0, 0.1) is 0 Å². The van der Waals surface area contributed by atoms with Crippen LogP contribution in [0.4, 0.5) is 5.69 Å². The number of ketones is 1. The summed E-state index contributed by atoms with van der Waals surface area (Å²) in [7, 11) is 0. The third-order valence-corrected chi connectivity index (χ3v) is 3.17. The Bertz CT molecular complexity index is 563. The Labute approximate surface area is 111 Å². The van der Waals surface area contributed by atoms with Crippen molar-refractivity contribution < 1.29 is 13.9 Å². The molecule has 0 spiro atoms. The lowest BCUT2D eigenvalue weighted by Gasteiger charge is -2.22. The van der Waals surface area contributed by atoms with Crippen LogP contribution in [-0.4, -0.2) is 25.5 Å². The average molecular weight is 257 g/mol. The van der Waals surface area contributed by atoms with Crippen molar-refractivity contribution in [2.75, 3.05) is 24.6 Å². The highest BCUT2D eigenvalue weighted by atomic mass is 16.5. The summed E-state index contributed by atoms with van der Waals surface area (Å²) in [5.41, 5.74) is 0.972. The van der Waals surface area contributed by atoms with E-state index in [1.165, 1.54) is 6.26 Å². The maximum atomic E-state index is 12.1. The third kappa shape index (κ3) is 2.47. The first kappa shape index (κ1) is 11.8. The number of para-hydroxylation sites is 2. The second kappa shape index (κ2) is 5.18. The smallest absolute Gasteiger partial charge is 0.217 e. The van der Waals surface area contributed by atoms with Crippen molar-refractivity contribution in [1.29, 1.82) is 0 Å². The number of benzene rings is 1. The van der Waals surface area contributed by atoms with Crippen LogP contribution in [0.1, 0.15) is 17.0 Å². The SMILES string of the molecule is O=C(CN1CCCOc2ccccc21)c1ccco1. The first-order valence-electron chi connectivity index (χ1n) is 6.38. The van der Waals surface area contributed by atoms with E-state index in [9.17, 15) is 4.79 Å². The van der Waals surface area contributed by atoms with Crippen molar-refractivity contribution in [3.05, 3.63) is 48.4 Å². The lowest BCUT2D eigenvalue weighted by atomic mass is 10.2. The van der Waals surface area contributed by atoms with Gasteiger partial charge in [0.25, 0.3) is 0 Å². The maximum Gasteiger partial charge on any atom is 0.217 e. The van der Waals surface area contributed by atoms with Gasteiger partial charge in [-0.3, -0.25) is 4.79 Å². The highest BCUT2D eigenvalue weighted by Gasteiger charge is 2.20. The molecule has 1 aliphatic heterocycles. The van der Waals surface area contributed by atoms with E-state index in [4.69, 9.17) is 9.15 Å². The number of Topliss-reactive ketones (excluding diaryl/α,β-unsaturated/α-hetero) is 1. The Morgan fingerprint density at radius 3 is 2.95 bits per heavy atom. The molecule has 0 fully saturated rings. The van der Waals surface area contributed by atoms with E-state index in [-0.39, 0.29) is 5.78 Å². The van der Waals surface area contributed by atoms with Gasteiger partial charge in [0, 0.05) is 6.54 Å². The number of carbonyl (C=O) groups excluding carboxylic acids is 1. The summed E-state index contributed by atoms with van der Waals surface area (Å²) < 4.78 is 10.8. The van der Waals surface area contributed by atoms with Gasteiger partial charge in [-0.15, -0.1) is 0 Å². The highest BCUT2D eigenvalue weighted by molar-refractivity contribution is 5.97. The van der Waals surface area contributed by atoms with Gasteiger partial charge < -0.3 is 14.1 Å². The molecule has 0 atom stereocenters. The number of ether oxygens (including phenoxy) is 1. The van der Waals surface area contributed by atoms with Crippen LogP contribution >= 0.6 is 0 Å². The predicted molar refractivity (Wildman–Crippen MR) is 71.8 cm³/mol. The molecule has 98 valence electrons. The standard InChI is InChI=1S/C15H15NO3/c17-13(15-7-3-9-19-15)11-16-8-4-10-18-14-6-2-1-5-12(14)16/h1-3,5-7,9H,4,8,10-11H2. The molecule has 0 saturated heterocycles. The summed E-state index contributed by atoms with van der Waals surface area (Å²) in [6.45, 7) is 1.81. The molecule has 0 bridgehead atoms. The minimum atomic E-state index is -0.0123. The Kier molecular flexibility index (Phi) is 3.23. The molecule has 0 radical (unpaired) electrons. The van der Waals surface area contributed by atoms with Crippen molar-refractivity contribution in [2.24, 2.45) is 0 Å². The molecule has 4 heteroatoms. The monoisotopic (exact) mass is 257 g/mol. The zero-order valence-corrected chi connectivity index (χ0v) is 10.5. The minimum Gasteiger partial charge on any atom is -0.491 e. The van der Waals surface area contributed by atoms with Gasteiger partial charge in [-0.05, 0) is 30.7 Å². The first-order chi connectivity index (χ1) is 9.34. The molecule has 4 nitrogen and oxygen atoms in total. The Morgan fingerprint density at radius 2 is 2.11 bits per heavy atom. The Morgan fingerprint density at radius 1 is 1.21 bits per heavy atom. The molecule has 2 aromatic rings. The van der Waals surface area contributed by atoms with Crippen LogP contribution in [0.5, 0.6) is 5.75 Å². The molecule has 2 heterocycles. The summed E-state index contributed by atoms with van der Waals surface area (Å²) in [4.78, 5) is 14.2. The molecule has 0 N–H and O–H groups in total. The van der Waals surface area contributed by atoms with Gasteiger partial charge in [0.15, 0.2) is 5.76 Å². The van der Waals surface area contributed by atoms with Crippen molar-refractivity contribution in [3.63, 3.8) is 0 Å². The van der Waals surface area contributed by atoms with E-state index in [0.29, 0.717) is 18.9 Å². The van der Waals surface area contributed by atoms with Crippen molar-refractivity contribution in [3.8, 4) is 5.75 Å². The van der Waals surface area contributed by atoms with Gasteiger partial charge >= 0.3 is 0 Å². The molecule has 1 aromatic carbocycles. The molecule has 0 aliphatic carbocycles. The molecule has 1 aromatic heterocycles. The first-order valence-corrected chi connectivity index (χ1v) is 6.38. The van der Waals surface area contributed by atoms with E-state index in [1.807, 2.05) is 29.2 Å². The second-order valence-corrected chi connectivity index (χ2v) is 4.49. The lowest BCUT2D eigenvalue weighted by molar-refractivity contribution is 0.0972. The van der Waals surface area contributed by atoms with Crippen molar-refractivity contribution in [2.45, 2.75) is 6.42 Å². The number of carbonyl (C=O) groups is 1. The molecule has 0 amide bonds. The van der Waals surface area contributed by atoms with E-state index >= 15 is 0 Å². The van der Waals surface area contributed by atoms with Gasteiger partial charge in [0.1, 0.15) is 5.75 Å². The largest absolute Gasteiger partial charge is 0.491 e. The van der Waals surface area contributed by atoms with E-state index in [0.717, 1.165) is 24.4 Å². The van der Waals surface area contributed by atoms with Crippen molar-refractivity contribution in [1.82, 2.24) is 0 Å². The number of anilines is 1. The van der Waals surface area contributed by atoms with Crippen LogP contribution in [0.15, 0.2) is 47.1 Å². The van der Waals surface area contributed by atoms with Gasteiger partial charge in [-0.1, -0.05) is 12.1 Å². The van der Waals surface area contributed by atoms with Crippen LogP contribution in [0.25, 0.3) is 0 Å². The zero-order chi connectivity index (χ0) is 13.1. The summed E-state index contributed by atoms with van der Waals surface area (Å²) in [5, 5.41) is 0. The van der Waals surface area contributed by atoms with Crippen molar-refractivity contribution >= 4 is 11.5 Å². The van der Waals surface area contributed by atoms with Crippen LogP contribution in [0.2, 0.25) is 0 Å². The van der Waals surface area contributed by atoms with Gasteiger partial charge in [0.05, 0.1) is 25.1 Å². The number of furan rings is 1. The van der Waals surface area contributed by atoms with Crippen LogP contribution in [-0.2, 0) is 0 Å². The number of nitrogens with zero attached hydrogens (tertiary/aromatic N) is 1. The lowest BCUT2D eigenvalue weighted by Crippen LogP contribution is -2.30. The fourth-order valence-electron chi connectivity index (χ4n) is 2.25. The minimum absolute atomic E-state index is 0.0123. The fourth-order valence-corrected chi connectivity index (χ4v) is 2.25. The molecular weight excluding hydrogens is 242 g/mol. The Balaban J connectivity index is 1.83. The summed E-state index contributed by atoms with van der Waals surface area (Å²) in [5.74, 6) is 1.23. The summed E-state index contributed by atoms with van der Waals surface area (Å²) in [6.07, 6.45) is 2.42. The summed E-state index contributed by atoms with van der Waals surface area (Å²) >= 11 is 0. The summed E-state index contributed by atoms with van der Waals surface area (Å²) in [6, 6.07) is 11.2. The molecule has 1 aliphatic rings. The van der Waals surface area contributed by atoms with Crippen LogP contribution in [0.3, 0.4) is 0 Å². The molecule has 3 rings (SSSR count). The number of rotatable bonds is 3. The molecule has 0 unspecified atom stereocenters. The Hall–Kier alpha value is -2.23. The van der Waals surface area contributed by atoms with Gasteiger partial charge in [0.2, 0.25) is 5.78 Å². The van der Waals surface area contributed by atoms with Crippen LogP contribution < -0.4 is 9.64 Å². The van der Waals surface area contributed by atoms with Gasteiger partial charge in [-0.25, -0.2) is 0 Å². The zero-order valence-electron chi connectivity index (χ0n) is 10.5. The third-order valence-electron chi connectivity index (χ3n) is 3.17.